The summed E-state index contributed by atoms with van der Waals surface area (Å²) in [5.41, 5.74) is 5.18. The zero-order chi connectivity index (χ0) is 20.7. The van der Waals surface area contributed by atoms with Crippen LogP contribution in [0.3, 0.4) is 0 Å². The van der Waals surface area contributed by atoms with E-state index in [1.54, 1.807) is 13.0 Å². The third-order valence-corrected chi connectivity index (χ3v) is 4.52. The van der Waals surface area contributed by atoms with Gasteiger partial charge in [0.1, 0.15) is 5.82 Å². The number of nitrogens with two attached hydrogens (primary N) is 1. The number of urea groups is 1. The molecule has 1 heterocycles. The van der Waals surface area contributed by atoms with Gasteiger partial charge in [-0.05, 0) is 31.4 Å². The number of nitrogens with zero attached hydrogens (tertiary/aromatic N) is 1. The van der Waals surface area contributed by atoms with Crippen LogP contribution in [0.1, 0.15) is 26.2 Å². The van der Waals surface area contributed by atoms with Crippen molar-refractivity contribution in [3.8, 4) is 0 Å². The minimum absolute atomic E-state index is 0.0345. The number of benzene rings is 1. The summed E-state index contributed by atoms with van der Waals surface area (Å²) in [6, 6.07) is 4.46. The van der Waals surface area contributed by atoms with Crippen LogP contribution in [0.25, 0.3) is 0 Å². The molecule has 0 aromatic heterocycles. The van der Waals surface area contributed by atoms with Gasteiger partial charge in [-0.15, -0.1) is 0 Å². The lowest BCUT2D eigenvalue weighted by molar-refractivity contribution is -0.126. The van der Waals surface area contributed by atoms with Crippen LogP contribution in [-0.4, -0.2) is 47.7 Å². The standard InChI is InChI=1S/C19H24FN4O4/c1-12(18(21)27)8-9-17(26)22-15-7-4-10-24(11-16(15)25)19(28)23-14-6-3-2-5-13(14)20/h2-3,5-6,9,12,15H,4,7-8,10-11H2,1H3,(H2,21,27)(H,22,26)(H,23,28)/t12?,15-/m0/s1. The van der Waals surface area contributed by atoms with E-state index >= 15 is 0 Å². The predicted octanol–water partition coefficient (Wildman–Crippen LogP) is 1.22. The SMILES string of the molecule is CC(C[CH]C(=O)N[C@H]1CCCN(C(=O)Nc2ccccc2F)CC1=O)C(N)=O. The lowest BCUT2D eigenvalue weighted by Gasteiger charge is -2.21. The minimum Gasteiger partial charge on any atom is -0.369 e. The van der Waals surface area contributed by atoms with Crippen molar-refractivity contribution in [2.75, 3.05) is 18.4 Å². The topological polar surface area (TPSA) is 122 Å². The third kappa shape index (κ3) is 6.04. The van der Waals surface area contributed by atoms with E-state index in [4.69, 9.17) is 5.73 Å². The van der Waals surface area contributed by atoms with Gasteiger partial charge >= 0.3 is 6.03 Å². The lowest BCUT2D eigenvalue weighted by Crippen LogP contribution is -2.45. The number of anilines is 1. The Morgan fingerprint density at radius 1 is 1.36 bits per heavy atom. The first-order chi connectivity index (χ1) is 13.3. The number of rotatable bonds is 6. The fraction of sp³-hybridized carbons (Fsp3) is 0.421. The number of ketones is 1. The van der Waals surface area contributed by atoms with E-state index in [0.717, 1.165) is 0 Å². The number of Topliss-reactive ketones (excluding diaryl/α,β-unsaturated/α-hetero) is 1. The zero-order valence-electron chi connectivity index (χ0n) is 15.6. The van der Waals surface area contributed by atoms with Crippen molar-refractivity contribution in [3.63, 3.8) is 0 Å². The maximum atomic E-state index is 13.7. The highest BCUT2D eigenvalue weighted by Gasteiger charge is 2.28. The molecule has 28 heavy (non-hydrogen) atoms. The number of likely N-dealkylation sites (tertiary alicyclic amines) is 1. The molecule has 1 aromatic rings. The van der Waals surface area contributed by atoms with Crippen LogP contribution >= 0.6 is 0 Å². The Morgan fingerprint density at radius 2 is 2.07 bits per heavy atom. The normalized spacial score (nSPS) is 18.1. The van der Waals surface area contributed by atoms with Crippen LogP contribution in [0.4, 0.5) is 14.9 Å². The van der Waals surface area contributed by atoms with Gasteiger partial charge in [-0.25, -0.2) is 9.18 Å². The van der Waals surface area contributed by atoms with Gasteiger partial charge in [0.2, 0.25) is 11.8 Å². The Morgan fingerprint density at radius 3 is 2.75 bits per heavy atom. The average Bonchev–Trinajstić information content (AvgIpc) is 2.83. The number of carbonyl (C=O) groups excluding carboxylic acids is 4. The summed E-state index contributed by atoms with van der Waals surface area (Å²) in [4.78, 5) is 49.1. The van der Waals surface area contributed by atoms with Crippen LogP contribution in [0, 0.1) is 18.2 Å². The molecule has 0 saturated carbocycles. The Hall–Kier alpha value is -2.97. The highest BCUT2D eigenvalue weighted by molar-refractivity contribution is 5.97. The summed E-state index contributed by atoms with van der Waals surface area (Å²) in [6.45, 7) is 1.72. The second-order valence-corrected chi connectivity index (χ2v) is 6.74. The molecule has 1 unspecified atom stereocenters. The van der Waals surface area contributed by atoms with E-state index in [0.29, 0.717) is 19.4 Å². The Balaban J connectivity index is 1.88. The van der Waals surface area contributed by atoms with Gasteiger partial charge in [0.15, 0.2) is 5.78 Å². The van der Waals surface area contributed by atoms with Crippen molar-refractivity contribution >= 4 is 29.3 Å². The smallest absolute Gasteiger partial charge is 0.322 e. The largest absolute Gasteiger partial charge is 0.369 e. The maximum absolute atomic E-state index is 13.7. The molecular formula is C19H24FN4O4. The molecule has 4 amide bonds. The van der Waals surface area contributed by atoms with Crippen molar-refractivity contribution in [1.82, 2.24) is 10.2 Å². The summed E-state index contributed by atoms with van der Waals surface area (Å²) in [5.74, 6) is -2.33. The van der Waals surface area contributed by atoms with E-state index < -0.39 is 35.6 Å². The Labute approximate surface area is 162 Å². The van der Waals surface area contributed by atoms with Crippen molar-refractivity contribution in [2.24, 2.45) is 11.7 Å². The first kappa shape index (κ1) is 21.3. The molecule has 1 aliphatic heterocycles. The van der Waals surface area contributed by atoms with Gasteiger partial charge in [-0.2, -0.15) is 0 Å². The number of nitrogens with one attached hydrogen (secondary N) is 2. The number of hydrogen-bond donors (Lipinski definition) is 3. The summed E-state index contributed by atoms with van der Waals surface area (Å²) in [7, 11) is 0. The fourth-order valence-electron chi connectivity index (χ4n) is 2.74. The molecule has 0 spiro atoms. The van der Waals surface area contributed by atoms with Gasteiger partial charge in [0.25, 0.3) is 0 Å². The molecule has 2 atom stereocenters. The van der Waals surface area contributed by atoms with E-state index in [-0.39, 0.29) is 24.4 Å². The summed E-state index contributed by atoms with van der Waals surface area (Å²) in [6.07, 6.45) is 2.35. The summed E-state index contributed by atoms with van der Waals surface area (Å²) >= 11 is 0. The van der Waals surface area contributed by atoms with Gasteiger partial charge < -0.3 is 21.3 Å². The number of amides is 4. The zero-order valence-corrected chi connectivity index (χ0v) is 15.6. The van der Waals surface area contributed by atoms with Gasteiger partial charge in [0, 0.05) is 12.5 Å². The van der Waals surface area contributed by atoms with E-state index in [9.17, 15) is 23.6 Å². The molecule has 2 rings (SSSR count). The van der Waals surface area contributed by atoms with Crippen molar-refractivity contribution in [1.29, 1.82) is 0 Å². The molecule has 0 aliphatic carbocycles. The van der Waals surface area contributed by atoms with Crippen LogP contribution in [0.2, 0.25) is 0 Å². The molecule has 4 N–H and O–H groups in total. The predicted molar refractivity (Wildman–Crippen MR) is 100 cm³/mol. The molecule has 151 valence electrons. The first-order valence-corrected chi connectivity index (χ1v) is 9.04. The Kier molecular flexibility index (Phi) is 7.48. The second-order valence-electron chi connectivity index (χ2n) is 6.74. The highest BCUT2D eigenvalue weighted by Crippen LogP contribution is 2.15. The van der Waals surface area contributed by atoms with Crippen LogP contribution in [-0.2, 0) is 14.4 Å². The number of primary amides is 1. The lowest BCUT2D eigenvalue weighted by atomic mass is 10.0. The van der Waals surface area contributed by atoms with E-state index in [1.807, 2.05) is 0 Å². The van der Waals surface area contributed by atoms with Gasteiger partial charge in [-0.3, -0.25) is 14.4 Å². The molecule has 0 bridgehead atoms. The number of hydrogen-bond acceptors (Lipinski definition) is 4. The highest BCUT2D eigenvalue weighted by atomic mass is 19.1. The number of halogens is 1. The molecule has 1 saturated heterocycles. The summed E-state index contributed by atoms with van der Waals surface area (Å²) in [5, 5.41) is 5.06. The van der Waals surface area contributed by atoms with Crippen molar-refractivity contribution in [2.45, 2.75) is 32.2 Å². The van der Waals surface area contributed by atoms with Crippen molar-refractivity contribution < 1.29 is 23.6 Å². The summed E-state index contributed by atoms with van der Waals surface area (Å²) < 4.78 is 13.7. The first-order valence-electron chi connectivity index (χ1n) is 9.04. The van der Waals surface area contributed by atoms with E-state index in [1.165, 1.54) is 29.5 Å². The second kappa shape index (κ2) is 9.82. The third-order valence-electron chi connectivity index (χ3n) is 4.52. The molecule has 1 aliphatic rings. The molecular weight excluding hydrogens is 367 g/mol. The molecule has 9 heteroatoms. The van der Waals surface area contributed by atoms with Gasteiger partial charge in [-0.1, -0.05) is 19.1 Å². The quantitative estimate of drug-likeness (QED) is 0.675. The molecule has 1 radical (unpaired) electrons. The average molecular weight is 391 g/mol. The van der Waals surface area contributed by atoms with Gasteiger partial charge in [0.05, 0.1) is 24.7 Å². The van der Waals surface area contributed by atoms with Crippen LogP contribution in [0.5, 0.6) is 0 Å². The molecule has 8 nitrogen and oxygen atoms in total. The fourth-order valence-corrected chi connectivity index (χ4v) is 2.74. The monoisotopic (exact) mass is 391 g/mol. The number of carbonyl (C=O) groups is 4. The van der Waals surface area contributed by atoms with Crippen LogP contribution in [0.15, 0.2) is 24.3 Å². The number of para-hydroxylation sites is 1. The molecule has 1 fully saturated rings. The minimum atomic E-state index is -0.723. The van der Waals surface area contributed by atoms with E-state index in [2.05, 4.69) is 10.6 Å². The Bertz CT molecular complexity index is 755. The molecule has 1 aromatic carbocycles. The van der Waals surface area contributed by atoms with Crippen molar-refractivity contribution in [3.05, 3.63) is 36.5 Å². The maximum Gasteiger partial charge on any atom is 0.322 e. The van der Waals surface area contributed by atoms with Crippen LogP contribution < -0.4 is 16.4 Å².